The number of fused-ring (bicyclic) bond motifs is 1. The molecule has 18 heavy (non-hydrogen) atoms. The molecule has 96 valence electrons. The molecular formula is C9H12N6O3. The van der Waals surface area contributed by atoms with Gasteiger partial charge in [-0.2, -0.15) is 0 Å². The van der Waals surface area contributed by atoms with Crippen LogP contribution in [0.25, 0.3) is 11.2 Å². The van der Waals surface area contributed by atoms with Crippen LogP contribution in [0.3, 0.4) is 0 Å². The van der Waals surface area contributed by atoms with E-state index >= 15 is 0 Å². The van der Waals surface area contributed by atoms with E-state index in [1.165, 1.54) is 6.33 Å². The lowest BCUT2D eigenvalue weighted by atomic mass is 10.2. The molecule has 0 bridgehead atoms. The number of nitrogens with zero attached hydrogens (tertiary/aromatic N) is 5. The van der Waals surface area contributed by atoms with Gasteiger partial charge in [0.1, 0.15) is 12.3 Å². The molecule has 3 rings (SSSR count). The zero-order valence-corrected chi connectivity index (χ0v) is 9.34. The number of nitrogen functional groups attached to an aromatic ring is 1. The summed E-state index contributed by atoms with van der Waals surface area (Å²) in [6.07, 6.45) is 0.0946. The molecule has 2 aromatic rings. The smallest absolute Gasteiger partial charge is 0.190 e. The van der Waals surface area contributed by atoms with Crippen LogP contribution in [0.1, 0.15) is 12.6 Å². The van der Waals surface area contributed by atoms with Gasteiger partial charge in [0.25, 0.3) is 0 Å². The second-order valence-electron chi connectivity index (χ2n) is 4.11. The molecular weight excluding hydrogens is 240 g/mol. The number of aliphatic hydroxyl groups is 2. The second kappa shape index (κ2) is 4.12. The van der Waals surface area contributed by atoms with Crippen molar-refractivity contribution in [3.8, 4) is 0 Å². The van der Waals surface area contributed by atoms with Gasteiger partial charge in [-0.05, 0) is 5.21 Å². The molecule has 4 N–H and O–H groups in total. The van der Waals surface area contributed by atoms with Crippen molar-refractivity contribution in [2.45, 2.75) is 24.9 Å². The lowest BCUT2D eigenvalue weighted by Gasteiger charge is -2.13. The first-order valence-corrected chi connectivity index (χ1v) is 5.46. The quantitative estimate of drug-likeness (QED) is 0.584. The first-order chi connectivity index (χ1) is 8.70. The normalized spacial score (nSPS) is 28.0. The number of nitrogens with two attached hydrogens (primary N) is 1. The van der Waals surface area contributed by atoms with Crippen LogP contribution in [0.4, 0.5) is 5.82 Å². The van der Waals surface area contributed by atoms with Crippen LogP contribution >= 0.6 is 0 Å². The van der Waals surface area contributed by atoms with E-state index in [0.717, 1.165) is 0 Å². The average molecular weight is 252 g/mol. The van der Waals surface area contributed by atoms with Gasteiger partial charge in [0.05, 0.1) is 19.0 Å². The first kappa shape index (κ1) is 11.3. The van der Waals surface area contributed by atoms with Crippen LogP contribution in [0, 0.1) is 0 Å². The van der Waals surface area contributed by atoms with E-state index in [1.807, 2.05) is 0 Å². The van der Waals surface area contributed by atoms with Gasteiger partial charge < -0.3 is 20.7 Å². The third kappa shape index (κ3) is 1.60. The van der Waals surface area contributed by atoms with Crippen LogP contribution in [0.2, 0.25) is 0 Å². The molecule has 2 aromatic heterocycles. The summed E-state index contributed by atoms with van der Waals surface area (Å²) in [6.45, 7) is -0.236. The van der Waals surface area contributed by atoms with E-state index in [4.69, 9.17) is 15.6 Å². The molecule has 1 saturated heterocycles. The molecule has 0 radical (unpaired) electrons. The van der Waals surface area contributed by atoms with Crippen LogP contribution in [-0.2, 0) is 4.74 Å². The molecule has 1 aliphatic rings. The summed E-state index contributed by atoms with van der Waals surface area (Å²) < 4.78 is 7.13. The summed E-state index contributed by atoms with van der Waals surface area (Å²) in [5.74, 6) is 0.191. The minimum absolute atomic E-state index is 0.191. The number of aliphatic hydroxyl groups excluding tert-OH is 2. The summed E-state index contributed by atoms with van der Waals surface area (Å²) >= 11 is 0. The molecule has 1 fully saturated rings. The van der Waals surface area contributed by atoms with E-state index in [-0.39, 0.29) is 12.4 Å². The Hall–Kier alpha value is -1.84. The van der Waals surface area contributed by atoms with Crippen molar-refractivity contribution in [1.82, 2.24) is 25.0 Å². The molecule has 3 unspecified atom stereocenters. The SMILES string of the molecule is Nc1nnnc2c1ncn2C1CC(O)C(CO)O1. The lowest BCUT2D eigenvalue weighted by molar-refractivity contribution is -0.0432. The number of aromatic nitrogens is 5. The highest BCUT2D eigenvalue weighted by Gasteiger charge is 2.35. The van der Waals surface area contributed by atoms with Crippen molar-refractivity contribution in [1.29, 1.82) is 0 Å². The van der Waals surface area contributed by atoms with Gasteiger partial charge in [0.2, 0.25) is 0 Å². The Bertz CT molecular complexity index is 572. The number of ether oxygens (including phenoxy) is 1. The van der Waals surface area contributed by atoms with E-state index < -0.39 is 18.4 Å². The largest absolute Gasteiger partial charge is 0.394 e. The van der Waals surface area contributed by atoms with Crippen LogP contribution in [0.15, 0.2) is 6.33 Å². The van der Waals surface area contributed by atoms with Gasteiger partial charge in [-0.15, -0.1) is 10.2 Å². The maximum Gasteiger partial charge on any atom is 0.190 e. The topological polar surface area (TPSA) is 132 Å². The summed E-state index contributed by atoms with van der Waals surface area (Å²) in [5, 5.41) is 29.7. The van der Waals surface area contributed by atoms with Gasteiger partial charge >= 0.3 is 0 Å². The van der Waals surface area contributed by atoms with Gasteiger partial charge in [0.15, 0.2) is 17.0 Å². The van der Waals surface area contributed by atoms with Gasteiger partial charge in [-0.3, -0.25) is 4.57 Å². The minimum Gasteiger partial charge on any atom is -0.394 e. The van der Waals surface area contributed by atoms with E-state index in [1.54, 1.807) is 4.57 Å². The lowest BCUT2D eigenvalue weighted by Crippen LogP contribution is -2.24. The van der Waals surface area contributed by atoms with Crippen molar-refractivity contribution in [2.24, 2.45) is 0 Å². The maximum absolute atomic E-state index is 9.69. The van der Waals surface area contributed by atoms with Gasteiger partial charge in [-0.1, -0.05) is 0 Å². The zero-order chi connectivity index (χ0) is 12.7. The van der Waals surface area contributed by atoms with Gasteiger partial charge in [-0.25, -0.2) is 4.98 Å². The molecule has 1 aliphatic heterocycles. The fourth-order valence-corrected chi connectivity index (χ4v) is 2.06. The van der Waals surface area contributed by atoms with Crippen molar-refractivity contribution in [2.75, 3.05) is 12.3 Å². The Labute approximate surface area is 101 Å². The number of hydrogen-bond donors (Lipinski definition) is 3. The Kier molecular flexibility index (Phi) is 2.58. The molecule has 0 aliphatic carbocycles. The molecule has 9 nitrogen and oxygen atoms in total. The Balaban J connectivity index is 1.99. The average Bonchev–Trinajstić information content (AvgIpc) is 2.93. The minimum atomic E-state index is -0.718. The third-order valence-electron chi connectivity index (χ3n) is 3.00. The van der Waals surface area contributed by atoms with Gasteiger partial charge in [0, 0.05) is 6.42 Å². The third-order valence-corrected chi connectivity index (χ3v) is 3.00. The van der Waals surface area contributed by atoms with Crippen molar-refractivity contribution in [3.05, 3.63) is 6.33 Å². The molecule has 0 aromatic carbocycles. The first-order valence-electron chi connectivity index (χ1n) is 5.46. The molecule has 0 amide bonds. The molecule has 0 saturated carbocycles. The Morgan fingerprint density at radius 3 is 3.06 bits per heavy atom. The summed E-state index contributed by atoms with van der Waals surface area (Å²) in [7, 11) is 0. The fraction of sp³-hybridized carbons (Fsp3) is 0.556. The van der Waals surface area contributed by atoms with E-state index in [2.05, 4.69) is 20.4 Å². The Morgan fingerprint density at radius 2 is 2.33 bits per heavy atom. The van der Waals surface area contributed by atoms with Crippen LogP contribution in [0.5, 0.6) is 0 Å². The monoisotopic (exact) mass is 252 g/mol. The highest BCUT2D eigenvalue weighted by Crippen LogP contribution is 2.30. The fourth-order valence-electron chi connectivity index (χ4n) is 2.06. The van der Waals surface area contributed by atoms with Crippen molar-refractivity contribution < 1.29 is 14.9 Å². The number of imidazole rings is 1. The second-order valence-corrected chi connectivity index (χ2v) is 4.11. The summed E-state index contributed by atoms with van der Waals surface area (Å²) in [6, 6.07) is 0. The highest BCUT2D eigenvalue weighted by molar-refractivity contribution is 5.80. The molecule has 0 spiro atoms. The maximum atomic E-state index is 9.69. The zero-order valence-electron chi connectivity index (χ0n) is 9.34. The number of hydrogen-bond acceptors (Lipinski definition) is 8. The summed E-state index contributed by atoms with van der Waals surface area (Å²) in [4.78, 5) is 4.09. The molecule has 9 heteroatoms. The highest BCUT2D eigenvalue weighted by atomic mass is 16.5. The predicted molar refractivity (Wildman–Crippen MR) is 59.2 cm³/mol. The number of rotatable bonds is 2. The standard InChI is InChI=1S/C9H12N6O3/c10-8-7-9(13-14-12-8)15(3-11-7)6-1-4(17)5(2-16)18-6/h3-6,16-17H,1-2H2,(H2,10,12,13). The number of anilines is 1. The van der Waals surface area contributed by atoms with Crippen molar-refractivity contribution in [3.63, 3.8) is 0 Å². The van der Waals surface area contributed by atoms with Crippen LogP contribution < -0.4 is 5.73 Å². The predicted octanol–water partition coefficient (Wildman–Crippen LogP) is -1.56. The van der Waals surface area contributed by atoms with Crippen LogP contribution in [-0.4, -0.2) is 54.0 Å². The summed E-state index contributed by atoms with van der Waals surface area (Å²) in [5.41, 5.74) is 6.51. The van der Waals surface area contributed by atoms with E-state index in [0.29, 0.717) is 17.6 Å². The molecule has 3 atom stereocenters. The molecule has 3 heterocycles. The van der Waals surface area contributed by atoms with Crippen molar-refractivity contribution >= 4 is 17.0 Å². The Morgan fingerprint density at radius 1 is 1.50 bits per heavy atom. The van der Waals surface area contributed by atoms with E-state index in [9.17, 15) is 5.11 Å².